The molecule has 1 heterocycles. The summed E-state index contributed by atoms with van der Waals surface area (Å²) in [6.45, 7) is 7.54. The average Bonchev–Trinajstić information content (AvgIpc) is 3.03. The van der Waals surface area contributed by atoms with Gasteiger partial charge in [-0.25, -0.2) is 0 Å². The fourth-order valence-electron chi connectivity index (χ4n) is 2.73. The SMILES string of the molecule is CCCOc1cc(C)ccc1CNC(=O)CCC1CCNC1. The third kappa shape index (κ3) is 5.34. The van der Waals surface area contributed by atoms with Crippen molar-refractivity contribution >= 4 is 5.91 Å². The van der Waals surface area contributed by atoms with Crippen LogP contribution in [-0.2, 0) is 11.3 Å². The Labute approximate surface area is 133 Å². The molecule has 122 valence electrons. The maximum atomic E-state index is 12.0. The second kappa shape index (κ2) is 8.79. The lowest BCUT2D eigenvalue weighted by Gasteiger charge is -2.13. The van der Waals surface area contributed by atoms with Gasteiger partial charge in [0.2, 0.25) is 5.91 Å². The molecule has 0 aromatic heterocycles. The number of carbonyl (C=O) groups is 1. The molecule has 0 spiro atoms. The highest BCUT2D eigenvalue weighted by Crippen LogP contribution is 2.21. The summed E-state index contributed by atoms with van der Waals surface area (Å²) in [6, 6.07) is 6.15. The zero-order valence-electron chi connectivity index (χ0n) is 13.8. The first-order valence-electron chi connectivity index (χ1n) is 8.38. The van der Waals surface area contributed by atoms with Crippen molar-refractivity contribution in [3.05, 3.63) is 29.3 Å². The third-order valence-corrected chi connectivity index (χ3v) is 4.10. The van der Waals surface area contributed by atoms with E-state index < -0.39 is 0 Å². The highest BCUT2D eigenvalue weighted by atomic mass is 16.5. The van der Waals surface area contributed by atoms with Gasteiger partial charge in [-0.3, -0.25) is 4.79 Å². The summed E-state index contributed by atoms with van der Waals surface area (Å²) < 4.78 is 5.78. The van der Waals surface area contributed by atoms with Gasteiger partial charge in [-0.05, 0) is 56.8 Å². The van der Waals surface area contributed by atoms with Crippen LogP contribution in [0.3, 0.4) is 0 Å². The summed E-state index contributed by atoms with van der Waals surface area (Å²) in [5.41, 5.74) is 2.23. The predicted molar refractivity (Wildman–Crippen MR) is 89.0 cm³/mol. The Bertz CT molecular complexity index is 482. The van der Waals surface area contributed by atoms with E-state index in [0.717, 1.165) is 37.2 Å². The first kappa shape index (κ1) is 16.8. The molecule has 0 aliphatic carbocycles. The van der Waals surface area contributed by atoms with Crippen LogP contribution >= 0.6 is 0 Å². The van der Waals surface area contributed by atoms with Gasteiger partial charge in [0, 0.05) is 18.5 Å². The second-order valence-electron chi connectivity index (χ2n) is 6.13. The third-order valence-electron chi connectivity index (χ3n) is 4.10. The number of hydrogen-bond acceptors (Lipinski definition) is 3. The zero-order valence-corrected chi connectivity index (χ0v) is 13.8. The first-order valence-corrected chi connectivity index (χ1v) is 8.38. The van der Waals surface area contributed by atoms with E-state index in [1.54, 1.807) is 0 Å². The molecule has 1 aromatic carbocycles. The summed E-state index contributed by atoms with van der Waals surface area (Å²) in [6.07, 6.45) is 3.77. The van der Waals surface area contributed by atoms with Crippen molar-refractivity contribution in [2.75, 3.05) is 19.7 Å². The number of aryl methyl sites for hydroxylation is 1. The van der Waals surface area contributed by atoms with Gasteiger partial charge in [0.05, 0.1) is 6.61 Å². The standard InChI is InChI=1S/C18H28N2O2/c1-3-10-22-17-11-14(2)4-6-16(17)13-20-18(21)7-5-15-8-9-19-12-15/h4,6,11,15,19H,3,5,7-10,12-13H2,1-2H3,(H,20,21). The maximum absolute atomic E-state index is 12.0. The lowest BCUT2D eigenvalue weighted by Crippen LogP contribution is -2.24. The molecule has 1 fully saturated rings. The van der Waals surface area contributed by atoms with Gasteiger partial charge in [0.1, 0.15) is 5.75 Å². The van der Waals surface area contributed by atoms with Crippen LogP contribution in [0, 0.1) is 12.8 Å². The van der Waals surface area contributed by atoms with E-state index in [1.165, 1.54) is 12.0 Å². The van der Waals surface area contributed by atoms with Crippen molar-refractivity contribution in [1.82, 2.24) is 10.6 Å². The average molecular weight is 304 g/mol. The molecule has 4 nitrogen and oxygen atoms in total. The molecule has 22 heavy (non-hydrogen) atoms. The molecule has 1 aliphatic heterocycles. The van der Waals surface area contributed by atoms with Gasteiger partial charge >= 0.3 is 0 Å². The molecule has 2 rings (SSSR count). The van der Waals surface area contributed by atoms with E-state index in [2.05, 4.69) is 30.5 Å². The highest BCUT2D eigenvalue weighted by molar-refractivity contribution is 5.75. The van der Waals surface area contributed by atoms with Crippen molar-refractivity contribution in [2.45, 2.75) is 46.1 Å². The van der Waals surface area contributed by atoms with E-state index in [0.29, 0.717) is 25.5 Å². The van der Waals surface area contributed by atoms with Gasteiger partial charge in [-0.15, -0.1) is 0 Å². The molecule has 4 heteroatoms. The Morgan fingerprint density at radius 3 is 3.05 bits per heavy atom. The van der Waals surface area contributed by atoms with Crippen LogP contribution in [0.2, 0.25) is 0 Å². The molecule has 0 radical (unpaired) electrons. The van der Waals surface area contributed by atoms with Crippen LogP contribution in [-0.4, -0.2) is 25.6 Å². The number of amides is 1. The van der Waals surface area contributed by atoms with E-state index >= 15 is 0 Å². The van der Waals surface area contributed by atoms with Crippen molar-refractivity contribution in [3.8, 4) is 5.75 Å². The molecular weight excluding hydrogens is 276 g/mol. The van der Waals surface area contributed by atoms with Gasteiger partial charge in [-0.2, -0.15) is 0 Å². The Balaban J connectivity index is 1.80. The van der Waals surface area contributed by atoms with Crippen molar-refractivity contribution in [2.24, 2.45) is 5.92 Å². The molecule has 1 amide bonds. The lowest BCUT2D eigenvalue weighted by atomic mass is 10.0. The number of rotatable bonds is 8. The first-order chi connectivity index (χ1) is 10.7. The Kier molecular flexibility index (Phi) is 6.72. The number of ether oxygens (including phenoxy) is 1. The molecule has 1 aliphatic rings. The molecule has 1 unspecified atom stereocenters. The van der Waals surface area contributed by atoms with Crippen molar-refractivity contribution in [1.29, 1.82) is 0 Å². The van der Waals surface area contributed by atoms with Crippen LogP contribution in [0.4, 0.5) is 0 Å². The fourth-order valence-corrected chi connectivity index (χ4v) is 2.73. The molecular formula is C18H28N2O2. The quantitative estimate of drug-likeness (QED) is 0.776. The van der Waals surface area contributed by atoms with Crippen LogP contribution in [0.1, 0.15) is 43.7 Å². The molecule has 0 bridgehead atoms. The van der Waals surface area contributed by atoms with Crippen LogP contribution in [0.15, 0.2) is 18.2 Å². The number of nitrogens with one attached hydrogen (secondary N) is 2. The normalized spacial score (nSPS) is 17.5. The van der Waals surface area contributed by atoms with Crippen molar-refractivity contribution < 1.29 is 9.53 Å². The molecule has 2 N–H and O–H groups in total. The van der Waals surface area contributed by atoms with Crippen molar-refractivity contribution in [3.63, 3.8) is 0 Å². The second-order valence-corrected chi connectivity index (χ2v) is 6.13. The van der Waals surface area contributed by atoms with Gasteiger partial charge in [0.15, 0.2) is 0 Å². The smallest absolute Gasteiger partial charge is 0.220 e. The van der Waals surface area contributed by atoms with Crippen LogP contribution in [0.25, 0.3) is 0 Å². The summed E-state index contributed by atoms with van der Waals surface area (Å²) in [5, 5.41) is 6.36. The minimum Gasteiger partial charge on any atom is -0.493 e. The predicted octanol–water partition coefficient (Wildman–Crippen LogP) is 2.79. The number of benzene rings is 1. The van der Waals surface area contributed by atoms with Gasteiger partial charge < -0.3 is 15.4 Å². The number of carbonyl (C=O) groups excluding carboxylic acids is 1. The summed E-state index contributed by atoms with van der Waals surface area (Å²) in [7, 11) is 0. The molecule has 1 atom stereocenters. The maximum Gasteiger partial charge on any atom is 0.220 e. The Morgan fingerprint density at radius 2 is 2.32 bits per heavy atom. The molecule has 0 saturated carbocycles. The van der Waals surface area contributed by atoms with E-state index in [-0.39, 0.29) is 5.91 Å². The minimum atomic E-state index is 0.133. The summed E-state index contributed by atoms with van der Waals surface area (Å²) in [4.78, 5) is 12.0. The Hall–Kier alpha value is -1.55. The van der Waals surface area contributed by atoms with Gasteiger partial charge in [0.25, 0.3) is 0 Å². The van der Waals surface area contributed by atoms with Crippen LogP contribution < -0.4 is 15.4 Å². The largest absolute Gasteiger partial charge is 0.493 e. The highest BCUT2D eigenvalue weighted by Gasteiger charge is 2.15. The van der Waals surface area contributed by atoms with Gasteiger partial charge in [-0.1, -0.05) is 19.1 Å². The minimum absolute atomic E-state index is 0.133. The molecule has 1 aromatic rings. The summed E-state index contributed by atoms with van der Waals surface area (Å²) in [5.74, 6) is 1.68. The Morgan fingerprint density at radius 1 is 1.45 bits per heavy atom. The van der Waals surface area contributed by atoms with E-state index in [9.17, 15) is 4.79 Å². The topological polar surface area (TPSA) is 50.4 Å². The monoisotopic (exact) mass is 304 g/mol. The zero-order chi connectivity index (χ0) is 15.8. The summed E-state index contributed by atoms with van der Waals surface area (Å²) >= 11 is 0. The lowest BCUT2D eigenvalue weighted by molar-refractivity contribution is -0.121. The number of hydrogen-bond donors (Lipinski definition) is 2. The van der Waals surface area contributed by atoms with Crippen LogP contribution in [0.5, 0.6) is 5.75 Å². The molecule has 1 saturated heterocycles. The van der Waals surface area contributed by atoms with E-state index in [4.69, 9.17) is 4.74 Å². The fraction of sp³-hybridized carbons (Fsp3) is 0.611. The van der Waals surface area contributed by atoms with E-state index in [1.807, 2.05) is 12.1 Å².